The van der Waals surface area contributed by atoms with Crippen LogP contribution in [0.2, 0.25) is 0 Å². The van der Waals surface area contributed by atoms with E-state index in [9.17, 15) is 13.6 Å². The van der Waals surface area contributed by atoms with Gasteiger partial charge < -0.3 is 19.7 Å². The minimum atomic E-state index is -2.90. The smallest absolute Gasteiger partial charge is 0.387 e. The monoisotopic (exact) mass is 314 g/mol. The molecule has 5 nitrogen and oxygen atoms in total. The van der Waals surface area contributed by atoms with E-state index < -0.39 is 6.61 Å². The Kier molecular flexibility index (Phi) is 5.18. The summed E-state index contributed by atoms with van der Waals surface area (Å²) in [7, 11) is 0. The van der Waals surface area contributed by atoms with Gasteiger partial charge in [0, 0.05) is 24.3 Å². The highest BCUT2D eigenvalue weighted by Gasteiger charge is 2.26. The van der Waals surface area contributed by atoms with Gasteiger partial charge in [-0.05, 0) is 32.9 Å². The van der Waals surface area contributed by atoms with Crippen molar-refractivity contribution in [2.24, 2.45) is 0 Å². The predicted molar refractivity (Wildman–Crippen MR) is 78.4 cm³/mol. The Morgan fingerprint density at radius 2 is 2.00 bits per heavy atom. The van der Waals surface area contributed by atoms with Gasteiger partial charge in [-0.25, -0.2) is 4.79 Å². The van der Waals surface area contributed by atoms with E-state index in [2.05, 4.69) is 10.1 Å². The Labute approximate surface area is 128 Å². The van der Waals surface area contributed by atoms with E-state index in [1.807, 2.05) is 13.8 Å². The lowest BCUT2D eigenvalue weighted by Gasteiger charge is -2.35. The van der Waals surface area contributed by atoms with Gasteiger partial charge >= 0.3 is 12.6 Å². The van der Waals surface area contributed by atoms with Crippen molar-refractivity contribution in [1.82, 2.24) is 4.90 Å². The molecule has 1 aromatic rings. The third-order valence-electron chi connectivity index (χ3n) is 3.45. The molecule has 1 heterocycles. The molecule has 2 amide bonds. The molecule has 1 aromatic carbocycles. The summed E-state index contributed by atoms with van der Waals surface area (Å²) < 4.78 is 34.7. The number of nitrogens with one attached hydrogen (secondary N) is 1. The van der Waals surface area contributed by atoms with Gasteiger partial charge in [-0.3, -0.25) is 0 Å². The topological polar surface area (TPSA) is 50.8 Å². The number of nitrogens with zero attached hydrogens (tertiary/aromatic N) is 1. The van der Waals surface area contributed by atoms with Gasteiger partial charge in [0.15, 0.2) is 0 Å². The summed E-state index contributed by atoms with van der Waals surface area (Å²) in [5.74, 6) is 0.0523. The van der Waals surface area contributed by atoms with Crippen molar-refractivity contribution in [3.8, 4) is 5.75 Å². The van der Waals surface area contributed by atoms with Gasteiger partial charge in [0.2, 0.25) is 0 Å². The summed E-state index contributed by atoms with van der Waals surface area (Å²) in [4.78, 5) is 14.0. The molecule has 1 N–H and O–H groups in total. The molecular formula is C15H20F2N2O3. The fourth-order valence-electron chi connectivity index (χ4n) is 2.51. The standard InChI is InChI=1S/C15H20F2N2O3/c1-9-7-19(8-10(2)21-9)15(20)18-12-5-4-6-13(11(12)3)22-14(16)17/h4-6,9-10,14H,7-8H2,1-3H3,(H,18,20)/t9-,10-/m1/s1. The Balaban J connectivity index is 2.08. The number of amides is 2. The maximum absolute atomic E-state index is 12.3. The molecule has 1 saturated heterocycles. The van der Waals surface area contributed by atoms with Crippen molar-refractivity contribution in [2.75, 3.05) is 18.4 Å². The van der Waals surface area contributed by atoms with Crippen LogP contribution in [0.5, 0.6) is 5.75 Å². The first-order valence-electron chi connectivity index (χ1n) is 7.12. The second kappa shape index (κ2) is 6.91. The van der Waals surface area contributed by atoms with Crippen LogP contribution in [0, 0.1) is 6.92 Å². The van der Waals surface area contributed by atoms with Crippen molar-refractivity contribution in [1.29, 1.82) is 0 Å². The van der Waals surface area contributed by atoms with Gasteiger partial charge in [0.25, 0.3) is 0 Å². The van der Waals surface area contributed by atoms with Crippen LogP contribution < -0.4 is 10.1 Å². The lowest BCUT2D eigenvalue weighted by atomic mass is 10.2. The van der Waals surface area contributed by atoms with Crippen LogP contribution in [-0.2, 0) is 4.74 Å². The summed E-state index contributed by atoms with van der Waals surface area (Å²) in [6.07, 6.45) is -0.0757. The van der Waals surface area contributed by atoms with E-state index in [0.717, 1.165) is 0 Å². The summed E-state index contributed by atoms with van der Waals surface area (Å²) in [5.41, 5.74) is 0.917. The largest absolute Gasteiger partial charge is 0.434 e. The summed E-state index contributed by atoms with van der Waals surface area (Å²) >= 11 is 0. The number of carbonyl (C=O) groups is 1. The second-order valence-corrected chi connectivity index (χ2v) is 5.40. The Hall–Kier alpha value is -1.89. The normalized spacial score (nSPS) is 21.8. The Morgan fingerprint density at radius 3 is 2.59 bits per heavy atom. The van der Waals surface area contributed by atoms with Crippen LogP contribution in [0.25, 0.3) is 0 Å². The molecule has 0 spiro atoms. The number of rotatable bonds is 3. The number of hydrogen-bond acceptors (Lipinski definition) is 3. The number of ether oxygens (including phenoxy) is 2. The average Bonchev–Trinajstić information content (AvgIpc) is 2.41. The Bertz CT molecular complexity index is 530. The van der Waals surface area contributed by atoms with Gasteiger partial charge in [0.1, 0.15) is 5.75 Å². The molecule has 2 rings (SSSR count). The Morgan fingerprint density at radius 1 is 1.36 bits per heavy atom. The third kappa shape index (κ3) is 4.07. The van der Waals surface area contributed by atoms with Crippen LogP contribution in [-0.4, -0.2) is 42.8 Å². The lowest BCUT2D eigenvalue weighted by Crippen LogP contribution is -2.49. The van der Waals surface area contributed by atoms with Crippen molar-refractivity contribution in [3.05, 3.63) is 23.8 Å². The fourth-order valence-corrected chi connectivity index (χ4v) is 2.51. The van der Waals surface area contributed by atoms with Crippen molar-refractivity contribution in [3.63, 3.8) is 0 Å². The number of anilines is 1. The summed E-state index contributed by atoms with van der Waals surface area (Å²) in [6, 6.07) is 4.37. The molecule has 1 aliphatic rings. The molecule has 0 bridgehead atoms. The zero-order chi connectivity index (χ0) is 16.3. The maximum Gasteiger partial charge on any atom is 0.387 e. The first-order valence-corrected chi connectivity index (χ1v) is 7.12. The van der Waals surface area contributed by atoms with Crippen LogP contribution >= 0.6 is 0 Å². The van der Waals surface area contributed by atoms with E-state index in [1.165, 1.54) is 6.07 Å². The SMILES string of the molecule is Cc1c(NC(=O)N2C[C@@H](C)O[C@H](C)C2)cccc1OC(F)F. The molecule has 0 unspecified atom stereocenters. The highest BCUT2D eigenvalue weighted by molar-refractivity contribution is 5.90. The van der Waals surface area contributed by atoms with E-state index in [1.54, 1.807) is 24.0 Å². The lowest BCUT2D eigenvalue weighted by molar-refractivity contribution is -0.0531. The van der Waals surface area contributed by atoms with Crippen LogP contribution in [0.4, 0.5) is 19.3 Å². The second-order valence-electron chi connectivity index (χ2n) is 5.40. The molecule has 1 fully saturated rings. The van der Waals surface area contributed by atoms with Gasteiger partial charge in [-0.15, -0.1) is 0 Å². The number of alkyl halides is 2. The predicted octanol–water partition coefficient (Wildman–Crippen LogP) is 3.24. The molecule has 0 aromatic heterocycles. The minimum Gasteiger partial charge on any atom is -0.434 e. The molecule has 0 saturated carbocycles. The first-order chi connectivity index (χ1) is 10.4. The highest BCUT2D eigenvalue weighted by Crippen LogP contribution is 2.27. The molecule has 1 aliphatic heterocycles. The zero-order valence-corrected chi connectivity index (χ0v) is 12.8. The van der Waals surface area contributed by atoms with Gasteiger partial charge in [0.05, 0.1) is 12.2 Å². The zero-order valence-electron chi connectivity index (χ0n) is 12.8. The molecule has 7 heteroatoms. The van der Waals surface area contributed by atoms with Crippen molar-refractivity contribution in [2.45, 2.75) is 39.6 Å². The molecule has 0 radical (unpaired) electrons. The van der Waals surface area contributed by atoms with Crippen LogP contribution in [0.3, 0.4) is 0 Å². The number of morpholine rings is 1. The summed E-state index contributed by atoms with van der Waals surface area (Å²) in [6.45, 7) is 3.50. The van der Waals surface area contributed by atoms with Gasteiger partial charge in [-0.1, -0.05) is 6.07 Å². The molecule has 2 atom stereocenters. The maximum atomic E-state index is 12.3. The minimum absolute atomic E-state index is 0.0379. The fraction of sp³-hybridized carbons (Fsp3) is 0.533. The number of hydrogen-bond donors (Lipinski definition) is 1. The molecule has 122 valence electrons. The van der Waals surface area contributed by atoms with Crippen LogP contribution in [0.15, 0.2) is 18.2 Å². The van der Waals surface area contributed by atoms with Crippen molar-refractivity contribution >= 4 is 11.7 Å². The summed E-state index contributed by atoms with van der Waals surface area (Å²) in [5, 5.41) is 2.74. The van der Waals surface area contributed by atoms with Gasteiger partial charge in [-0.2, -0.15) is 8.78 Å². The molecule has 22 heavy (non-hydrogen) atoms. The van der Waals surface area contributed by atoms with E-state index in [0.29, 0.717) is 24.3 Å². The highest BCUT2D eigenvalue weighted by atomic mass is 19.3. The third-order valence-corrected chi connectivity index (χ3v) is 3.45. The number of benzene rings is 1. The quantitative estimate of drug-likeness (QED) is 0.932. The number of urea groups is 1. The molecule has 0 aliphatic carbocycles. The van der Waals surface area contributed by atoms with E-state index in [-0.39, 0.29) is 24.0 Å². The average molecular weight is 314 g/mol. The number of halogens is 2. The number of carbonyl (C=O) groups excluding carboxylic acids is 1. The molecular weight excluding hydrogens is 294 g/mol. The van der Waals surface area contributed by atoms with E-state index >= 15 is 0 Å². The first kappa shape index (κ1) is 16.5. The van der Waals surface area contributed by atoms with Crippen LogP contribution in [0.1, 0.15) is 19.4 Å². The van der Waals surface area contributed by atoms with Crippen molar-refractivity contribution < 1.29 is 23.0 Å². The van der Waals surface area contributed by atoms with E-state index in [4.69, 9.17) is 4.74 Å².